The topological polar surface area (TPSA) is 70.4 Å². The molecule has 108 valence electrons. The molecule has 0 unspecified atom stereocenters. The number of aromatic nitrogens is 2. The summed E-state index contributed by atoms with van der Waals surface area (Å²) in [4.78, 5) is 17.6. The van der Waals surface area contributed by atoms with Crippen LogP contribution >= 0.6 is 0 Å². The Bertz CT molecular complexity index is 363. The summed E-state index contributed by atoms with van der Waals surface area (Å²) in [5.41, 5.74) is 0. The van der Waals surface area contributed by atoms with Crippen LogP contribution in [0.2, 0.25) is 0 Å². The molecule has 6 heteroatoms. The zero-order valence-corrected chi connectivity index (χ0v) is 11.9. The molecular formula is C13H24N4O2. The summed E-state index contributed by atoms with van der Waals surface area (Å²) in [7, 11) is 0. The van der Waals surface area contributed by atoms with Gasteiger partial charge in [-0.05, 0) is 27.2 Å². The van der Waals surface area contributed by atoms with E-state index in [0.717, 1.165) is 13.0 Å². The minimum absolute atomic E-state index is 0.0725. The molecule has 0 aliphatic heterocycles. The highest BCUT2D eigenvalue weighted by molar-refractivity contribution is 5.74. The van der Waals surface area contributed by atoms with Gasteiger partial charge in [0.2, 0.25) is 0 Å². The first-order valence-corrected chi connectivity index (χ1v) is 6.69. The van der Waals surface area contributed by atoms with Crippen molar-refractivity contribution in [3.63, 3.8) is 0 Å². The first-order chi connectivity index (χ1) is 9.00. The number of nitrogens with zero attached hydrogens (tertiary/aromatic N) is 3. The number of imidazole rings is 1. The number of aryl methyl sites for hydroxylation is 1. The van der Waals surface area contributed by atoms with Crippen molar-refractivity contribution in [2.45, 2.75) is 45.9 Å². The Morgan fingerprint density at radius 1 is 1.47 bits per heavy atom. The van der Waals surface area contributed by atoms with Crippen LogP contribution in [0.4, 0.5) is 4.79 Å². The Balaban J connectivity index is 2.28. The minimum Gasteiger partial charge on any atom is -0.392 e. The lowest BCUT2D eigenvalue weighted by atomic mass is 10.3. The third kappa shape index (κ3) is 5.74. The lowest BCUT2D eigenvalue weighted by molar-refractivity contribution is 0.119. The number of urea groups is 1. The fourth-order valence-corrected chi connectivity index (χ4v) is 1.79. The molecule has 1 aromatic heterocycles. The van der Waals surface area contributed by atoms with Gasteiger partial charge < -0.3 is 19.9 Å². The van der Waals surface area contributed by atoms with Crippen LogP contribution in [-0.2, 0) is 6.54 Å². The summed E-state index contributed by atoms with van der Waals surface area (Å²) in [6.07, 6.45) is 5.73. The van der Waals surface area contributed by atoms with Crippen molar-refractivity contribution in [2.75, 3.05) is 13.1 Å². The number of hydrogen-bond acceptors (Lipinski definition) is 3. The monoisotopic (exact) mass is 268 g/mol. The first kappa shape index (κ1) is 15.5. The lowest BCUT2D eigenvalue weighted by Gasteiger charge is -2.28. The number of amides is 2. The number of aliphatic hydroxyl groups is 1. The summed E-state index contributed by atoms with van der Waals surface area (Å²) in [5.74, 6) is 0. The minimum atomic E-state index is -0.515. The van der Waals surface area contributed by atoms with E-state index in [9.17, 15) is 9.90 Å². The van der Waals surface area contributed by atoms with E-state index in [0.29, 0.717) is 13.1 Å². The Labute approximate surface area is 114 Å². The molecule has 0 saturated heterocycles. The van der Waals surface area contributed by atoms with Crippen molar-refractivity contribution in [3.05, 3.63) is 18.7 Å². The van der Waals surface area contributed by atoms with Crippen LogP contribution < -0.4 is 5.32 Å². The molecule has 1 heterocycles. The standard InChI is InChI=1S/C13H24N4O2/c1-11(2)17(9-12(3)18)13(19)15-5-4-7-16-8-6-14-10-16/h6,8,10-12,18H,4-5,7,9H2,1-3H3,(H,15,19)/t12-/m1/s1. The number of nitrogens with one attached hydrogen (secondary N) is 1. The molecule has 0 radical (unpaired) electrons. The van der Waals surface area contributed by atoms with Crippen molar-refractivity contribution in [1.82, 2.24) is 19.8 Å². The second-order valence-corrected chi connectivity index (χ2v) is 4.98. The van der Waals surface area contributed by atoms with Crippen molar-refractivity contribution in [3.8, 4) is 0 Å². The highest BCUT2D eigenvalue weighted by Crippen LogP contribution is 2.01. The molecule has 1 rings (SSSR count). The molecule has 0 saturated carbocycles. The Morgan fingerprint density at radius 2 is 2.21 bits per heavy atom. The second kappa shape index (κ2) is 7.78. The number of hydrogen-bond donors (Lipinski definition) is 2. The van der Waals surface area contributed by atoms with Gasteiger partial charge in [0.25, 0.3) is 0 Å². The fourth-order valence-electron chi connectivity index (χ4n) is 1.79. The van der Waals surface area contributed by atoms with Gasteiger partial charge in [0, 0.05) is 38.1 Å². The van der Waals surface area contributed by atoms with Gasteiger partial charge in [-0.25, -0.2) is 9.78 Å². The van der Waals surface area contributed by atoms with Crippen LogP contribution in [0.3, 0.4) is 0 Å². The second-order valence-electron chi connectivity index (χ2n) is 4.98. The summed E-state index contributed by atoms with van der Waals surface area (Å²) >= 11 is 0. The molecule has 0 fully saturated rings. The van der Waals surface area contributed by atoms with Gasteiger partial charge in [-0.3, -0.25) is 0 Å². The van der Waals surface area contributed by atoms with E-state index in [-0.39, 0.29) is 12.1 Å². The van der Waals surface area contributed by atoms with Crippen LogP contribution in [0.25, 0.3) is 0 Å². The number of carbonyl (C=O) groups excluding carboxylic acids is 1. The Kier molecular flexibility index (Phi) is 6.35. The van der Waals surface area contributed by atoms with E-state index in [2.05, 4.69) is 10.3 Å². The molecule has 0 bridgehead atoms. The molecule has 2 amide bonds. The SMILES string of the molecule is CC(C)N(C[C@@H](C)O)C(=O)NCCCn1ccnc1. The maximum atomic E-state index is 12.0. The van der Waals surface area contributed by atoms with Crippen LogP contribution in [0.15, 0.2) is 18.7 Å². The average molecular weight is 268 g/mol. The fraction of sp³-hybridized carbons (Fsp3) is 0.692. The van der Waals surface area contributed by atoms with Gasteiger partial charge in [0.05, 0.1) is 12.4 Å². The molecule has 1 atom stereocenters. The van der Waals surface area contributed by atoms with Gasteiger partial charge in [0.1, 0.15) is 0 Å². The van der Waals surface area contributed by atoms with Gasteiger partial charge in [0.15, 0.2) is 0 Å². The first-order valence-electron chi connectivity index (χ1n) is 6.69. The Morgan fingerprint density at radius 3 is 2.74 bits per heavy atom. The predicted octanol–water partition coefficient (Wildman–Crippen LogP) is 1.07. The zero-order chi connectivity index (χ0) is 14.3. The van der Waals surface area contributed by atoms with E-state index < -0.39 is 6.10 Å². The van der Waals surface area contributed by atoms with Crippen molar-refractivity contribution in [2.24, 2.45) is 0 Å². The molecular weight excluding hydrogens is 244 g/mol. The summed E-state index contributed by atoms with van der Waals surface area (Å²) in [6.45, 7) is 7.35. The largest absolute Gasteiger partial charge is 0.392 e. The van der Waals surface area contributed by atoms with Crippen molar-refractivity contribution >= 4 is 6.03 Å². The zero-order valence-electron chi connectivity index (χ0n) is 11.9. The third-order valence-electron chi connectivity index (χ3n) is 2.77. The van der Waals surface area contributed by atoms with Crippen molar-refractivity contribution < 1.29 is 9.90 Å². The molecule has 2 N–H and O–H groups in total. The van der Waals surface area contributed by atoms with Gasteiger partial charge in [-0.1, -0.05) is 0 Å². The number of rotatable bonds is 7. The van der Waals surface area contributed by atoms with Crippen LogP contribution in [0.1, 0.15) is 27.2 Å². The highest BCUT2D eigenvalue weighted by Gasteiger charge is 2.17. The van der Waals surface area contributed by atoms with E-state index in [1.54, 1.807) is 24.3 Å². The van der Waals surface area contributed by atoms with E-state index >= 15 is 0 Å². The Hall–Kier alpha value is -1.56. The van der Waals surface area contributed by atoms with Crippen LogP contribution in [0.5, 0.6) is 0 Å². The predicted molar refractivity (Wildman–Crippen MR) is 73.8 cm³/mol. The molecule has 0 spiro atoms. The maximum Gasteiger partial charge on any atom is 0.317 e. The van der Waals surface area contributed by atoms with Crippen LogP contribution in [0, 0.1) is 0 Å². The lowest BCUT2D eigenvalue weighted by Crippen LogP contribution is -2.47. The van der Waals surface area contributed by atoms with Crippen LogP contribution in [-0.4, -0.2) is 50.8 Å². The van der Waals surface area contributed by atoms with Gasteiger partial charge >= 0.3 is 6.03 Å². The number of carbonyl (C=O) groups is 1. The van der Waals surface area contributed by atoms with Gasteiger partial charge in [-0.2, -0.15) is 0 Å². The summed E-state index contributed by atoms with van der Waals surface area (Å²) < 4.78 is 1.97. The van der Waals surface area contributed by atoms with Crippen molar-refractivity contribution in [1.29, 1.82) is 0 Å². The number of aliphatic hydroxyl groups excluding tert-OH is 1. The van der Waals surface area contributed by atoms with E-state index in [1.165, 1.54) is 0 Å². The smallest absolute Gasteiger partial charge is 0.317 e. The molecule has 0 aliphatic rings. The summed E-state index contributed by atoms with van der Waals surface area (Å²) in [5, 5.41) is 12.3. The maximum absolute atomic E-state index is 12.0. The summed E-state index contributed by atoms with van der Waals surface area (Å²) in [6, 6.07) is -0.0511. The molecule has 0 aliphatic carbocycles. The van der Waals surface area contributed by atoms with E-state index in [4.69, 9.17) is 0 Å². The highest BCUT2D eigenvalue weighted by atomic mass is 16.3. The quantitative estimate of drug-likeness (QED) is 0.727. The average Bonchev–Trinajstić information content (AvgIpc) is 2.83. The van der Waals surface area contributed by atoms with Gasteiger partial charge in [-0.15, -0.1) is 0 Å². The molecule has 0 aromatic carbocycles. The normalized spacial score (nSPS) is 12.5. The molecule has 6 nitrogen and oxygen atoms in total. The van der Waals surface area contributed by atoms with E-state index in [1.807, 2.05) is 24.6 Å². The third-order valence-corrected chi connectivity index (χ3v) is 2.77. The molecule has 1 aromatic rings. The molecule has 19 heavy (non-hydrogen) atoms.